The number of aromatic nitrogens is 2. The number of fused-ring (bicyclic) bond motifs is 1. The van der Waals surface area contributed by atoms with Crippen molar-refractivity contribution >= 4 is 17.7 Å². The van der Waals surface area contributed by atoms with Crippen LogP contribution in [0.1, 0.15) is 40.9 Å². The molecule has 1 aromatic heterocycles. The van der Waals surface area contributed by atoms with Gasteiger partial charge in [-0.3, -0.25) is 0 Å². The maximum atomic E-state index is 11.1. The molecule has 0 atom stereocenters. The molecule has 3 rings (SSSR count). The van der Waals surface area contributed by atoms with Gasteiger partial charge in [-0.2, -0.15) is 11.8 Å². The second-order valence-electron chi connectivity index (χ2n) is 4.04. The summed E-state index contributed by atoms with van der Waals surface area (Å²) in [6.45, 7) is 0. The Morgan fingerprint density at radius 2 is 2.33 bits per heavy atom. The van der Waals surface area contributed by atoms with Gasteiger partial charge in [0.2, 0.25) is 5.82 Å². The molecule has 0 unspecified atom stereocenters. The summed E-state index contributed by atoms with van der Waals surface area (Å²) < 4.78 is 1.97. The van der Waals surface area contributed by atoms with Crippen molar-refractivity contribution in [3.8, 4) is 0 Å². The zero-order valence-electron chi connectivity index (χ0n) is 8.27. The van der Waals surface area contributed by atoms with Gasteiger partial charge in [-0.05, 0) is 25.0 Å². The minimum atomic E-state index is -0.888. The van der Waals surface area contributed by atoms with E-state index in [1.54, 1.807) is 0 Å². The summed E-state index contributed by atoms with van der Waals surface area (Å²) in [6, 6.07) is 0.412. The number of aromatic carboxylic acids is 1. The number of nitrogens with zero attached hydrogens (tertiary/aromatic N) is 2. The maximum absolute atomic E-state index is 11.1. The van der Waals surface area contributed by atoms with Crippen molar-refractivity contribution in [3.05, 3.63) is 17.2 Å². The van der Waals surface area contributed by atoms with Crippen LogP contribution in [-0.2, 0) is 12.2 Å². The first-order valence-corrected chi connectivity index (χ1v) is 6.34. The highest BCUT2D eigenvalue weighted by Crippen LogP contribution is 2.39. The lowest BCUT2D eigenvalue weighted by molar-refractivity contribution is 0.0677. The van der Waals surface area contributed by atoms with Crippen molar-refractivity contribution in [1.82, 2.24) is 9.55 Å². The summed E-state index contributed by atoms with van der Waals surface area (Å²) in [5, 5.41) is 9.10. The predicted octanol–water partition coefficient (Wildman–Crippen LogP) is 1.71. The molecule has 1 N–H and O–H groups in total. The molecule has 1 saturated carbocycles. The summed E-state index contributed by atoms with van der Waals surface area (Å²) in [5.74, 6) is 1.33. The fourth-order valence-corrected chi connectivity index (χ4v) is 3.01. The van der Waals surface area contributed by atoms with Crippen LogP contribution in [0.5, 0.6) is 0 Å². The molecule has 0 radical (unpaired) electrons. The van der Waals surface area contributed by atoms with E-state index in [0.717, 1.165) is 36.5 Å². The molecule has 80 valence electrons. The second kappa shape index (κ2) is 3.27. The van der Waals surface area contributed by atoms with Crippen LogP contribution < -0.4 is 0 Å². The van der Waals surface area contributed by atoms with Crippen LogP contribution in [-0.4, -0.2) is 26.4 Å². The highest BCUT2D eigenvalue weighted by Gasteiger charge is 2.33. The maximum Gasteiger partial charge on any atom is 0.372 e. The predicted molar refractivity (Wildman–Crippen MR) is 57.3 cm³/mol. The van der Waals surface area contributed by atoms with Gasteiger partial charge in [0.15, 0.2) is 0 Å². The van der Waals surface area contributed by atoms with Gasteiger partial charge < -0.3 is 9.67 Å². The van der Waals surface area contributed by atoms with Crippen LogP contribution in [0, 0.1) is 0 Å². The Labute approximate surface area is 91.7 Å². The van der Waals surface area contributed by atoms with E-state index in [0.29, 0.717) is 6.04 Å². The topological polar surface area (TPSA) is 55.1 Å². The van der Waals surface area contributed by atoms with Crippen molar-refractivity contribution < 1.29 is 9.90 Å². The van der Waals surface area contributed by atoms with Gasteiger partial charge in [-0.1, -0.05) is 0 Å². The van der Waals surface area contributed by atoms with E-state index >= 15 is 0 Å². The van der Waals surface area contributed by atoms with Crippen molar-refractivity contribution in [2.45, 2.75) is 31.1 Å². The Morgan fingerprint density at radius 1 is 1.53 bits per heavy atom. The largest absolute Gasteiger partial charge is 0.475 e. The molecule has 1 aromatic rings. The standard InChI is InChI=1S/C10H12N2O2S/c13-10(14)9-11-7-5-15-4-3-8(7)12(9)6-1-2-6/h6H,1-5H2,(H,13,14). The van der Waals surface area contributed by atoms with Crippen molar-refractivity contribution in [2.24, 2.45) is 0 Å². The normalized spacial score (nSPS) is 20.0. The van der Waals surface area contributed by atoms with E-state index in [1.807, 2.05) is 16.3 Å². The quantitative estimate of drug-likeness (QED) is 0.830. The van der Waals surface area contributed by atoms with Crippen LogP contribution >= 0.6 is 11.8 Å². The summed E-state index contributed by atoms with van der Waals surface area (Å²) in [6.07, 6.45) is 3.18. The van der Waals surface area contributed by atoms with E-state index in [1.165, 1.54) is 5.69 Å². The highest BCUT2D eigenvalue weighted by molar-refractivity contribution is 7.98. The molecule has 5 heteroatoms. The number of imidazole rings is 1. The Hall–Kier alpha value is -0.970. The number of hydrogen-bond acceptors (Lipinski definition) is 3. The molecule has 0 bridgehead atoms. The third-order valence-corrected chi connectivity index (χ3v) is 3.89. The fourth-order valence-electron chi connectivity index (χ4n) is 2.11. The number of thioether (sulfide) groups is 1. The van der Waals surface area contributed by atoms with Gasteiger partial charge in [0.25, 0.3) is 0 Å². The van der Waals surface area contributed by atoms with Crippen LogP contribution in [0.3, 0.4) is 0 Å². The summed E-state index contributed by atoms with van der Waals surface area (Å²) in [4.78, 5) is 15.3. The number of carboxylic acid groups (broad SMARTS) is 1. The van der Waals surface area contributed by atoms with E-state index in [2.05, 4.69) is 4.98 Å². The number of carboxylic acids is 1. The third kappa shape index (κ3) is 1.45. The molecule has 0 saturated heterocycles. The van der Waals surface area contributed by atoms with Crippen molar-refractivity contribution in [3.63, 3.8) is 0 Å². The monoisotopic (exact) mass is 224 g/mol. The number of carbonyl (C=O) groups is 1. The zero-order chi connectivity index (χ0) is 10.4. The first kappa shape index (κ1) is 9.27. The molecule has 2 heterocycles. The summed E-state index contributed by atoms with van der Waals surface area (Å²) in [7, 11) is 0. The Kier molecular flexibility index (Phi) is 2.02. The zero-order valence-corrected chi connectivity index (χ0v) is 9.09. The van der Waals surface area contributed by atoms with E-state index < -0.39 is 5.97 Å². The van der Waals surface area contributed by atoms with Gasteiger partial charge in [-0.15, -0.1) is 0 Å². The van der Waals surface area contributed by atoms with Crippen molar-refractivity contribution in [2.75, 3.05) is 5.75 Å². The SMILES string of the molecule is O=C(O)c1nc2c(n1C1CC1)CCSC2. The van der Waals surface area contributed by atoms with Gasteiger partial charge in [-0.25, -0.2) is 9.78 Å². The summed E-state index contributed by atoms with van der Waals surface area (Å²) in [5.41, 5.74) is 2.17. The third-order valence-electron chi connectivity index (χ3n) is 2.92. The molecule has 2 aliphatic rings. The molecular formula is C10H12N2O2S. The first-order chi connectivity index (χ1) is 7.27. The molecule has 0 aromatic carbocycles. The Balaban J connectivity index is 2.13. The number of rotatable bonds is 2. The first-order valence-electron chi connectivity index (χ1n) is 5.18. The molecule has 4 nitrogen and oxygen atoms in total. The Morgan fingerprint density at radius 3 is 3.00 bits per heavy atom. The van der Waals surface area contributed by atoms with Crippen molar-refractivity contribution in [1.29, 1.82) is 0 Å². The minimum absolute atomic E-state index is 0.255. The fraction of sp³-hybridized carbons (Fsp3) is 0.600. The molecule has 1 aliphatic heterocycles. The Bertz CT molecular complexity index is 423. The van der Waals surface area contributed by atoms with Gasteiger partial charge in [0, 0.05) is 17.5 Å². The average molecular weight is 224 g/mol. The lowest BCUT2D eigenvalue weighted by Crippen LogP contribution is -2.12. The lowest BCUT2D eigenvalue weighted by atomic mass is 10.2. The van der Waals surface area contributed by atoms with Crippen LogP contribution in [0.4, 0.5) is 0 Å². The molecule has 15 heavy (non-hydrogen) atoms. The average Bonchev–Trinajstić information content (AvgIpc) is 2.98. The van der Waals surface area contributed by atoms with Crippen LogP contribution in [0.25, 0.3) is 0 Å². The van der Waals surface area contributed by atoms with Gasteiger partial charge in [0.1, 0.15) is 0 Å². The minimum Gasteiger partial charge on any atom is -0.475 e. The molecule has 0 amide bonds. The molecular weight excluding hydrogens is 212 g/mol. The van der Waals surface area contributed by atoms with E-state index in [4.69, 9.17) is 5.11 Å². The van der Waals surface area contributed by atoms with Gasteiger partial charge in [0.05, 0.1) is 5.69 Å². The second-order valence-corrected chi connectivity index (χ2v) is 5.14. The van der Waals surface area contributed by atoms with E-state index in [-0.39, 0.29) is 5.82 Å². The highest BCUT2D eigenvalue weighted by atomic mass is 32.2. The molecule has 1 aliphatic carbocycles. The lowest BCUT2D eigenvalue weighted by Gasteiger charge is -2.13. The summed E-state index contributed by atoms with van der Waals surface area (Å²) >= 11 is 1.83. The molecule has 0 spiro atoms. The van der Waals surface area contributed by atoms with Crippen LogP contribution in [0.2, 0.25) is 0 Å². The number of hydrogen-bond donors (Lipinski definition) is 1. The smallest absolute Gasteiger partial charge is 0.372 e. The molecule has 1 fully saturated rings. The van der Waals surface area contributed by atoms with E-state index in [9.17, 15) is 4.79 Å². The van der Waals surface area contributed by atoms with Gasteiger partial charge >= 0.3 is 5.97 Å². The van der Waals surface area contributed by atoms with Crippen LogP contribution in [0.15, 0.2) is 0 Å².